The Hall–Kier alpha value is -4.41. The number of H-pyrrole nitrogens is 1. The van der Waals surface area contributed by atoms with Gasteiger partial charge in [0, 0.05) is 38.4 Å². The van der Waals surface area contributed by atoms with Gasteiger partial charge in [-0.15, -0.1) is 0 Å². The number of amides is 1. The lowest BCUT2D eigenvalue weighted by Crippen LogP contribution is -2.56. The summed E-state index contributed by atoms with van der Waals surface area (Å²) in [6, 6.07) is 25.7. The van der Waals surface area contributed by atoms with Gasteiger partial charge < -0.3 is 24.4 Å². The number of nitrogens with zero attached hydrogens (tertiary/aromatic N) is 5. The van der Waals surface area contributed by atoms with Gasteiger partial charge in [0.1, 0.15) is 11.6 Å². The molecule has 5 aliphatic rings. The van der Waals surface area contributed by atoms with E-state index in [-0.39, 0.29) is 23.7 Å². The zero-order valence-electron chi connectivity index (χ0n) is 27.4. The second kappa shape index (κ2) is 12.9. The van der Waals surface area contributed by atoms with Crippen LogP contribution in [0.25, 0.3) is 11.0 Å². The number of hydrogen-bond donors (Lipinski definition) is 1. The van der Waals surface area contributed by atoms with E-state index >= 15 is 0 Å². The lowest BCUT2D eigenvalue weighted by molar-refractivity contribution is -0.134. The molecular formula is C38H44N6O4. The molecular weight excluding hydrogens is 604 g/mol. The molecule has 0 radical (unpaired) electrons. The first kappa shape index (κ1) is 30.9. The second-order valence-electron chi connectivity index (χ2n) is 14.0. The number of imidazole rings is 1. The highest BCUT2D eigenvalue weighted by atomic mass is 16.5. The van der Waals surface area contributed by atoms with Gasteiger partial charge in [-0.2, -0.15) is 0 Å². The molecule has 0 unspecified atom stereocenters. The fraction of sp³-hybridized carbons (Fsp3) is 0.447. The van der Waals surface area contributed by atoms with Crippen LogP contribution in [-0.2, 0) is 22.6 Å². The first-order valence-electron chi connectivity index (χ1n) is 17.5. The molecule has 3 aromatic carbocycles. The number of fused-ring (bicyclic) bond motifs is 4. The fourth-order valence-corrected chi connectivity index (χ4v) is 8.52. The van der Waals surface area contributed by atoms with E-state index in [1.165, 1.54) is 0 Å². The maximum Gasteiger partial charge on any atom is 0.338 e. The first-order valence-corrected chi connectivity index (χ1v) is 17.5. The number of rotatable bonds is 9. The molecule has 1 atom stereocenters. The van der Waals surface area contributed by atoms with Crippen molar-refractivity contribution in [3.63, 3.8) is 0 Å². The average Bonchev–Trinajstić information content (AvgIpc) is 3.58. The van der Waals surface area contributed by atoms with Crippen LogP contribution in [-0.4, -0.2) is 93.7 Å². The Morgan fingerprint density at radius 3 is 2.42 bits per heavy atom. The van der Waals surface area contributed by atoms with E-state index in [4.69, 9.17) is 4.74 Å². The summed E-state index contributed by atoms with van der Waals surface area (Å²) >= 11 is 0. The van der Waals surface area contributed by atoms with Gasteiger partial charge >= 0.3 is 11.7 Å². The molecule has 1 aromatic heterocycles. The zero-order valence-corrected chi connectivity index (χ0v) is 27.4. The Kier molecular flexibility index (Phi) is 8.30. The molecule has 1 amide bonds. The highest BCUT2D eigenvalue weighted by Gasteiger charge is 2.53. The number of esters is 1. The summed E-state index contributed by atoms with van der Waals surface area (Å²) in [6.07, 6.45) is 4.48. The number of anilines is 1. The number of aromatic nitrogens is 2. The van der Waals surface area contributed by atoms with Gasteiger partial charge in [0.25, 0.3) is 0 Å². The molecule has 5 fully saturated rings. The summed E-state index contributed by atoms with van der Waals surface area (Å²) in [4.78, 5) is 52.2. The molecule has 4 aromatic rings. The number of carbonyl (C=O) groups is 2. The van der Waals surface area contributed by atoms with E-state index in [1.807, 2.05) is 76.2 Å². The second-order valence-corrected chi connectivity index (χ2v) is 14.0. The first-order chi connectivity index (χ1) is 23.5. The van der Waals surface area contributed by atoms with Crippen LogP contribution in [0.5, 0.6) is 0 Å². The largest absolute Gasteiger partial charge is 0.457 e. The lowest BCUT2D eigenvalue weighted by Gasteiger charge is -2.43. The van der Waals surface area contributed by atoms with Crippen molar-refractivity contribution in [2.75, 3.05) is 50.8 Å². The topological polar surface area (TPSA) is 94.1 Å². The molecule has 1 N–H and O–H groups in total. The summed E-state index contributed by atoms with van der Waals surface area (Å²) in [7, 11) is 0. The predicted octanol–water partition coefficient (Wildman–Crippen LogP) is 4.31. The Labute approximate surface area is 280 Å². The average molecular weight is 649 g/mol. The minimum atomic E-state index is -0.613. The van der Waals surface area contributed by atoms with Crippen LogP contribution in [0.15, 0.2) is 83.7 Å². The number of nitrogens with one attached hydrogen (secondary N) is 1. The van der Waals surface area contributed by atoms with Gasteiger partial charge in [0.05, 0.1) is 23.3 Å². The van der Waals surface area contributed by atoms with Gasteiger partial charge in [-0.25, -0.2) is 9.59 Å². The van der Waals surface area contributed by atoms with Crippen molar-refractivity contribution in [2.24, 2.45) is 5.92 Å². The van der Waals surface area contributed by atoms with Crippen LogP contribution in [0.4, 0.5) is 5.69 Å². The molecule has 250 valence electrons. The number of benzene rings is 3. The Balaban J connectivity index is 0.933. The van der Waals surface area contributed by atoms with Gasteiger partial charge in [0.15, 0.2) is 0 Å². The third kappa shape index (κ3) is 5.81. The maximum atomic E-state index is 14.4. The molecule has 5 aliphatic heterocycles. The van der Waals surface area contributed by atoms with Crippen LogP contribution >= 0.6 is 0 Å². The lowest BCUT2D eigenvalue weighted by atomic mass is 9.85. The van der Waals surface area contributed by atoms with E-state index in [0.29, 0.717) is 31.2 Å². The summed E-state index contributed by atoms with van der Waals surface area (Å²) in [6.45, 7) is 7.12. The number of carbonyl (C=O) groups excluding carboxylic acids is 2. The molecule has 0 aliphatic carbocycles. The van der Waals surface area contributed by atoms with Crippen molar-refractivity contribution >= 4 is 28.6 Å². The number of hydrogen-bond acceptors (Lipinski definition) is 7. The Morgan fingerprint density at radius 2 is 1.65 bits per heavy atom. The van der Waals surface area contributed by atoms with Gasteiger partial charge in [-0.3, -0.25) is 14.3 Å². The highest BCUT2D eigenvalue weighted by Crippen LogP contribution is 2.40. The van der Waals surface area contributed by atoms with Crippen molar-refractivity contribution in [3.8, 4) is 0 Å². The van der Waals surface area contributed by atoms with E-state index in [0.717, 1.165) is 93.7 Å². The van der Waals surface area contributed by atoms with E-state index in [9.17, 15) is 14.4 Å². The fourth-order valence-electron chi connectivity index (χ4n) is 8.52. The summed E-state index contributed by atoms with van der Waals surface area (Å²) < 4.78 is 7.84. The van der Waals surface area contributed by atoms with Crippen LogP contribution in [0, 0.1) is 5.92 Å². The summed E-state index contributed by atoms with van der Waals surface area (Å²) in [5.41, 5.74) is 3.65. The third-order valence-electron chi connectivity index (χ3n) is 11.2. The SMILES string of the molecule is O=C(O[C@H]1CN2CCC1CC2)c1cccc(CN2CN(c3ccccc3)C3(CCN(CCCn4c(=O)[nH]c5ccccc54)CC3)C2=O)c1. The number of aryl methyl sites for hydroxylation is 1. The molecule has 2 bridgehead atoms. The smallest absolute Gasteiger partial charge is 0.338 e. The number of piperidine rings is 4. The molecule has 10 heteroatoms. The minimum Gasteiger partial charge on any atom is -0.457 e. The zero-order chi connectivity index (χ0) is 32.7. The molecule has 1 spiro atoms. The number of likely N-dealkylation sites (tertiary alicyclic amines) is 1. The number of para-hydroxylation sites is 3. The van der Waals surface area contributed by atoms with Crippen molar-refractivity contribution in [3.05, 3.63) is 100 Å². The van der Waals surface area contributed by atoms with Gasteiger partial charge in [-0.1, -0.05) is 42.5 Å². The molecule has 6 heterocycles. The summed E-state index contributed by atoms with van der Waals surface area (Å²) in [5, 5.41) is 0. The highest BCUT2D eigenvalue weighted by molar-refractivity contribution is 5.94. The molecule has 5 saturated heterocycles. The van der Waals surface area contributed by atoms with Gasteiger partial charge in [-0.05, 0) is 99.6 Å². The van der Waals surface area contributed by atoms with Crippen LogP contribution < -0.4 is 10.6 Å². The minimum absolute atomic E-state index is 0.0367. The van der Waals surface area contributed by atoms with Crippen molar-refractivity contribution in [1.29, 1.82) is 0 Å². The van der Waals surface area contributed by atoms with Crippen molar-refractivity contribution in [1.82, 2.24) is 24.3 Å². The van der Waals surface area contributed by atoms with Crippen molar-refractivity contribution in [2.45, 2.75) is 56.8 Å². The molecule has 48 heavy (non-hydrogen) atoms. The monoisotopic (exact) mass is 648 g/mol. The number of ether oxygens (including phenoxy) is 1. The van der Waals surface area contributed by atoms with E-state index in [1.54, 1.807) is 0 Å². The Morgan fingerprint density at radius 1 is 0.875 bits per heavy atom. The van der Waals surface area contributed by atoms with Crippen LogP contribution in [0.3, 0.4) is 0 Å². The maximum absolute atomic E-state index is 14.4. The predicted molar refractivity (Wildman–Crippen MR) is 185 cm³/mol. The summed E-state index contributed by atoms with van der Waals surface area (Å²) in [5.74, 6) is 0.337. The normalized spacial score (nSPS) is 23.8. The van der Waals surface area contributed by atoms with Crippen LogP contribution in [0.2, 0.25) is 0 Å². The van der Waals surface area contributed by atoms with E-state index in [2.05, 4.69) is 31.8 Å². The third-order valence-corrected chi connectivity index (χ3v) is 11.2. The van der Waals surface area contributed by atoms with Gasteiger partial charge in [0.2, 0.25) is 5.91 Å². The number of aromatic amines is 1. The van der Waals surface area contributed by atoms with E-state index < -0.39 is 5.54 Å². The quantitative estimate of drug-likeness (QED) is 0.271. The molecule has 0 saturated carbocycles. The van der Waals surface area contributed by atoms with Crippen LogP contribution in [0.1, 0.15) is 48.0 Å². The Bertz CT molecular complexity index is 1840. The standard InChI is InChI=1S/C38H44N6O4/c45-35(48-34-26-41-20-14-29(34)15-21-41)30-9-6-8-28(24-30)25-42-27-44(31-10-2-1-3-11-31)38(36(42)46)16-22-40(23-17-38)18-7-19-43-33-13-5-4-12-32(33)39-37(43)47/h1-6,8-13,24,29,34H,7,14-23,25-27H2,(H,39,47)/t34-/m0/s1. The van der Waals surface area contributed by atoms with Crippen molar-refractivity contribution < 1.29 is 14.3 Å². The molecule has 9 rings (SSSR count). The molecule has 10 nitrogen and oxygen atoms in total.